The molecule has 35 heavy (non-hydrogen) atoms. The summed E-state index contributed by atoms with van der Waals surface area (Å²) in [5.74, 6) is 0.0451. The van der Waals surface area contributed by atoms with Crippen LogP contribution in [0.1, 0.15) is 53.0 Å². The summed E-state index contributed by atoms with van der Waals surface area (Å²) in [7, 11) is 0. The summed E-state index contributed by atoms with van der Waals surface area (Å²) in [6.45, 7) is 8.27. The molecule has 0 bridgehead atoms. The second kappa shape index (κ2) is 11.8. The molecule has 182 valence electrons. The third-order valence-corrected chi connectivity index (χ3v) is 6.90. The molecule has 0 unspecified atom stereocenters. The summed E-state index contributed by atoms with van der Waals surface area (Å²) in [6, 6.07) is 26.4. The Bertz CT molecular complexity index is 1120. The molecular formula is C30H35N3O2. The number of benzene rings is 3. The highest BCUT2D eigenvalue weighted by atomic mass is 16.2. The van der Waals surface area contributed by atoms with Crippen molar-refractivity contribution in [3.63, 3.8) is 0 Å². The van der Waals surface area contributed by atoms with Crippen molar-refractivity contribution in [1.82, 2.24) is 9.80 Å². The minimum Gasteiger partial charge on any atom is -0.339 e. The van der Waals surface area contributed by atoms with Crippen molar-refractivity contribution in [2.45, 2.75) is 39.3 Å². The highest BCUT2D eigenvalue weighted by molar-refractivity contribution is 6.01. The van der Waals surface area contributed by atoms with Gasteiger partial charge in [-0.2, -0.15) is 0 Å². The standard InChI is InChI=1S/C30H35N3O2/c1-3-32(4-2)30(35)28-15-8-9-16-29(28)33(27-14-10-13-25(21-27)23-34)26-17-19-31(20-18-26)22-24-11-6-5-7-12-24/h5-16,21,23,26H,3-4,17-20,22H2,1-2H3. The Morgan fingerprint density at radius 2 is 1.60 bits per heavy atom. The van der Waals surface area contributed by atoms with Crippen LogP contribution in [0.15, 0.2) is 78.9 Å². The molecule has 1 fully saturated rings. The minimum atomic E-state index is 0.0451. The Morgan fingerprint density at radius 3 is 2.29 bits per heavy atom. The molecule has 3 aromatic carbocycles. The van der Waals surface area contributed by atoms with Crippen LogP contribution in [-0.2, 0) is 6.54 Å². The van der Waals surface area contributed by atoms with Crippen molar-refractivity contribution < 1.29 is 9.59 Å². The predicted octanol–water partition coefficient (Wildman–Crippen LogP) is 5.78. The van der Waals surface area contributed by atoms with Crippen molar-refractivity contribution in [1.29, 1.82) is 0 Å². The number of para-hydroxylation sites is 1. The van der Waals surface area contributed by atoms with E-state index < -0.39 is 0 Å². The molecule has 0 saturated carbocycles. The van der Waals surface area contributed by atoms with E-state index in [-0.39, 0.29) is 11.9 Å². The molecule has 0 atom stereocenters. The zero-order chi connectivity index (χ0) is 24.6. The lowest BCUT2D eigenvalue weighted by Crippen LogP contribution is -2.43. The van der Waals surface area contributed by atoms with Gasteiger partial charge in [-0.15, -0.1) is 0 Å². The van der Waals surface area contributed by atoms with Crippen LogP contribution in [0.5, 0.6) is 0 Å². The largest absolute Gasteiger partial charge is 0.339 e. The van der Waals surface area contributed by atoms with Gasteiger partial charge in [-0.05, 0) is 56.5 Å². The number of rotatable bonds is 9. The Labute approximate surface area is 209 Å². The summed E-state index contributed by atoms with van der Waals surface area (Å²) in [6.07, 6.45) is 2.84. The van der Waals surface area contributed by atoms with Gasteiger partial charge in [0, 0.05) is 50.0 Å². The number of likely N-dealkylation sites (tertiary alicyclic amines) is 1. The highest BCUT2D eigenvalue weighted by Crippen LogP contribution is 2.35. The fourth-order valence-corrected chi connectivity index (χ4v) is 5.02. The number of nitrogens with zero attached hydrogens (tertiary/aromatic N) is 3. The average molecular weight is 470 g/mol. The molecule has 5 heteroatoms. The van der Waals surface area contributed by atoms with E-state index in [2.05, 4.69) is 40.1 Å². The number of hydrogen-bond donors (Lipinski definition) is 0. The van der Waals surface area contributed by atoms with Gasteiger partial charge < -0.3 is 9.80 Å². The van der Waals surface area contributed by atoms with Crippen molar-refractivity contribution in [2.75, 3.05) is 31.1 Å². The summed E-state index contributed by atoms with van der Waals surface area (Å²) >= 11 is 0. The van der Waals surface area contributed by atoms with Crippen molar-refractivity contribution in [2.24, 2.45) is 0 Å². The maximum Gasteiger partial charge on any atom is 0.255 e. The van der Waals surface area contributed by atoms with Crippen molar-refractivity contribution >= 4 is 23.6 Å². The van der Waals surface area contributed by atoms with Gasteiger partial charge in [-0.1, -0.05) is 54.6 Å². The normalized spacial score (nSPS) is 14.5. The van der Waals surface area contributed by atoms with Crippen LogP contribution in [0, 0.1) is 0 Å². The van der Waals surface area contributed by atoms with Crippen LogP contribution >= 0.6 is 0 Å². The second-order valence-corrected chi connectivity index (χ2v) is 9.07. The van der Waals surface area contributed by atoms with Crippen molar-refractivity contribution in [3.8, 4) is 0 Å². The lowest BCUT2D eigenvalue weighted by Gasteiger charge is -2.41. The van der Waals surface area contributed by atoms with Crippen LogP contribution in [0.2, 0.25) is 0 Å². The average Bonchev–Trinajstić information content (AvgIpc) is 2.91. The van der Waals surface area contributed by atoms with Crippen LogP contribution in [0.4, 0.5) is 11.4 Å². The number of carbonyl (C=O) groups excluding carboxylic acids is 2. The van der Waals surface area contributed by atoms with Gasteiger partial charge in [-0.3, -0.25) is 14.5 Å². The number of carbonyl (C=O) groups is 2. The van der Waals surface area contributed by atoms with E-state index >= 15 is 0 Å². The molecule has 1 aliphatic rings. The van der Waals surface area contributed by atoms with Gasteiger partial charge in [-0.25, -0.2) is 0 Å². The lowest BCUT2D eigenvalue weighted by molar-refractivity contribution is 0.0773. The van der Waals surface area contributed by atoms with Gasteiger partial charge >= 0.3 is 0 Å². The first-order valence-corrected chi connectivity index (χ1v) is 12.6. The molecule has 4 rings (SSSR count). The van der Waals surface area contributed by atoms with Crippen LogP contribution < -0.4 is 4.90 Å². The van der Waals surface area contributed by atoms with Crippen LogP contribution in [0.3, 0.4) is 0 Å². The van der Waals surface area contributed by atoms with Crippen molar-refractivity contribution in [3.05, 3.63) is 95.6 Å². The SMILES string of the molecule is CCN(CC)C(=O)c1ccccc1N(c1cccc(C=O)c1)C1CCN(Cc2ccccc2)CC1. The predicted molar refractivity (Wildman–Crippen MR) is 142 cm³/mol. The third-order valence-electron chi connectivity index (χ3n) is 6.90. The summed E-state index contributed by atoms with van der Waals surface area (Å²) in [5, 5.41) is 0. The topological polar surface area (TPSA) is 43.9 Å². The zero-order valence-electron chi connectivity index (χ0n) is 20.8. The number of piperidine rings is 1. The highest BCUT2D eigenvalue weighted by Gasteiger charge is 2.29. The monoisotopic (exact) mass is 469 g/mol. The summed E-state index contributed by atoms with van der Waals surface area (Å²) in [4.78, 5) is 31.7. The Morgan fingerprint density at radius 1 is 0.914 bits per heavy atom. The molecule has 1 heterocycles. The molecule has 0 aliphatic carbocycles. The van der Waals surface area contributed by atoms with Gasteiger partial charge in [0.25, 0.3) is 5.91 Å². The number of amides is 1. The first-order valence-electron chi connectivity index (χ1n) is 12.6. The van der Waals surface area contributed by atoms with E-state index in [1.54, 1.807) is 0 Å². The van der Waals surface area contributed by atoms with E-state index in [4.69, 9.17) is 0 Å². The quantitative estimate of drug-likeness (QED) is 0.373. The smallest absolute Gasteiger partial charge is 0.255 e. The number of hydrogen-bond acceptors (Lipinski definition) is 4. The molecule has 1 aliphatic heterocycles. The number of aldehydes is 1. The maximum absolute atomic E-state index is 13.5. The lowest BCUT2D eigenvalue weighted by atomic mass is 9.98. The summed E-state index contributed by atoms with van der Waals surface area (Å²) < 4.78 is 0. The van der Waals surface area contributed by atoms with Crippen LogP contribution in [0.25, 0.3) is 0 Å². The van der Waals surface area contributed by atoms with Gasteiger partial charge in [0.2, 0.25) is 0 Å². The zero-order valence-corrected chi connectivity index (χ0v) is 20.8. The molecule has 0 N–H and O–H groups in total. The first-order chi connectivity index (χ1) is 17.1. The van der Waals surface area contributed by atoms with Gasteiger partial charge in [0.1, 0.15) is 6.29 Å². The summed E-state index contributed by atoms with van der Waals surface area (Å²) in [5.41, 5.74) is 4.54. The van der Waals surface area contributed by atoms with E-state index in [1.165, 1.54) is 5.56 Å². The first kappa shape index (κ1) is 24.7. The molecule has 5 nitrogen and oxygen atoms in total. The van der Waals surface area contributed by atoms with E-state index in [0.717, 1.165) is 50.1 Å². The molecule has 0 radical (unpaired) electrons. The Hall–Kier alpha value is -3.44. The fourth-order valence-electron chi connectivity index (χ4n) is 5.02. The second-order valence-electron chi connectivity index (χ2n) is 9.07. The molecule has 0 aromatic heterocycles. The van der Waals surface area contributed by atoms with E-state index in [1.807, 2.05) is 67.3 Å². The number of anilines is 2. The minimum absolute atomic E-state index is 0.0451. The van der Waals surface area contributed by atoms with E-state index in [0.29, 0.717) is 24.2 Å². The Balaban J connectivity index is 1.65. The van der Waals surface area contributed by atoms with Gasteiger partial charge in [0.15, 0.2) is 0 Å². The van der Waals surface area contributed by atoms with Gasteiger partial charge in [0.05, 0.1) is 11.3 Å². The molecule has 1 saturated heterocycles. The maximum atomic E-state index is 13.5. The third kappa shape index (κ3) is 5.80. The van der Waals surface area contributed by atoms with Crippen LogP contribution in [-0.4, -0.2) is 54.2 Å². The molecular weight excluding hydrogens is 434 g/mol. The molecule has 0 spiro atoms. The molecule has 3 aromatic rings. The Kier molecular flexibility index (Phi) is 8.32. The molecule has 1 amide bonds. The fraction of sp³-hybridized carbons (Fsp3) is 0.333. The van der Waals surface area contributed by atoms with E-state index in [9.17, 15) is 9.59 Å².